The van der Waals surface area contributed by atoms with Crippen LogP contribution in [0, 0.1) is 6.92 Å². The summed E-state index contributed by atoms with van der Waals surface area (Å²) in [4.78, 5) is 29.8. The fraction of sp³-hybridized carbons (Fsp3) is 0.385. The van der Waals surface area contributed by atoms with E-state index in [2.05, 4.69) is 0 Å². The summed E-state index contributed by atoms with van der Waals surface area (Å²) in [5.41, 5.74) is 1.15. The highest BCUT2D eigenvalue weighted by molar-refractivity contribution is 5.94. The Morgan fingerprint density at radius 3 is 2.55 bits per heavy atom. The number of benzene rings is 1. The zero-order valence-corrected chi connectivity index (χ0v) is 18.9. The van der Waals surface area contributed by atoms with Crippen molar-refractivity contribution in [3.05, 3.63) is 83.7 Å². The number of hydrogen-bond acceptors (Lipinski definition) is 5. The van der Waals surface area contributed by atoms with Gasteiger partial charge >= 0.3 is 0 Å². The molecule has 1 atom stereocenters. The van der Waals surface area contributed by atoms with Crippen LogP contribution in [0.3, 0.4) is 0 Å². The molecule has 174 valence electrons. The molecule has 0 N–H and O–H groups in total. The van der Waals surface area contributed by atoms with E-state index < -0.39 is 0 Å². The zero-order valence-electron chi connectivity index (χ0n) is 18.9. The second kappa shape index (κ2) is 11.0. The Morgan fingerprint density at radius 1 is 1.03 bits per heavy atom. The molecule has 7 nitrogen and oxygen atoms in total. The lowest BCUT2D eigenvalue weighted by Gasteiger charge is -2.28. The van der Waals surface area contributed by atoms with Gasteiger partial charge in [0.25, 0.3) is 5.91 Å². The normalized spacial score (nSPS) is 15.5. The van der Waals surface area contributed by atoms with Gasteiger partial charge in [0.2, 0.25) is 5.91 Å². The Hall–Kier alpha value is -3.32. The first-order chi connectivity index (χ1) is 16.1. The molecule has 0 spiro atoms. The van der Waals surface area contributed by atoms with Crippen LogP contribution in [0.25, 0.3) is 0 Å². The summed E-state index contributed by atoms with van der Waals surface area (Å²) < 4.78 is 16.8. The van der Waals surface area contributed by atoms with Gasteiger partial charge in [-0.25, -0.2) is 0 Å². The van der Waals surface area contributed by atoms with Gasteiger partial charge in [-0.05, 0) is 56.0 Å². The first kappa shape index (κ1) is 22.9. The summed E-state index contributed by atoms with van der Waals surface area (Å²) in [6.45, 7) is 3.74. The number of amides is 2. The van der Waals surface area contributed by atoms with E-state index in [1.807, 2.05) is 49.4 Å². The van der Waals surface area contributed by atoms with Gasteiger partial charge in [-0.2, -0.15) is 0 Å². The quantitative estimate of drug-likeness (QED) is 0.465. The van der Waals surface area contributed by atoms with Crippen molar-refractivity contribution in [2.75, 3.05) is 26.2 Å². The summed E-state index contributed by atoms with van der Waals surface area (Å²) in [6, 6.07) is 17.1. The van der Waals surface area contributed by atoms with Crippen LogP contribution in [0.15, 0.2) is 69.7 Å². The second-order valence-electron chi connectivity index (χ2n) is 8.36. The molecule has 2 amide bonds. The van der Waals surface area contributed by atoms with E-state index in [1.165, 1.54) is 6.26 Å². The molecule has 0 aliphatic carbocycles. The van der Waals surface area contributed by atoms with E-state index in [4.69, 9.17) is 13.6 Å². The molecule has 1 aliphatic rings. The van der Waals surface area contributed by atoms with Crippen LogP contribution in [-0.2, 0) is 22.5 Å². The Kier molecular flexibility index (Phi) is 7.62. The van der Waals surface area contributed by atoms with Gasteiger partial charge in [0.15, 0.2) is 5.76 Å². The molecular formula is C26H30N2O5. The van der Waals surface area contributed by atoms with Gasteiger partial charge in [0, 0.05) is 19.7 Å². The molecule has 4 rings (SSSR count). The van der Waals surface area contributed by atoms with E-state index in [1.54, 1.807) is 21.9 Å². The monoisotopic (exact) mass is 450 g/mol. The van der Waals surface area contributed by atoms with E-state index in [0.29, 0.717) is 32.7 Å². The highest BCUT2D eigenvalue weighted by Crippen LogP contribution is 2.17. The van der Waals surface area contributed by atoms with Crippen LogP contribution in [0.5, 0.6) is 0 Å². The molecule has 3 heterocycles. The standard InChI is InChI=1S/C26H30N2O5/c1-20-11-12-23(33-20)18-27(14-13-21-7-3-2-4-8-21)25(29)19-28(17-22-9-5-15-31-22)26(30)24-10-6-16-32-24/h2-4,6-8,10-12,16,22H,5,9,13-15,17-19H2,1H3. The fourth-order valence-electron chi connectivity index (χ4n) is 4.03. The number of carbonyl (C=O) groups excluding carboxylic acids is 2. The Bertz CT molecular complexity index is 1020. The van der Waals surface area contributed by atoms with Crippen LogP contribution < -0.4 is 0 Å². The summed E-state index contributed by atoms with van der Waals surface area (Å²) in [7, 11) is 0. The van der Waals surface area contributed by atoms with Crippen LogP contribution in [0.1, 0.15) is 40.5 Å². The van der Waals surface area contributed by atoms with Gasteiger partial charge in [0.05, 0.1) is 18.9 Å². The van der Waals surface area contributed by atoms with Crippen LogP contribution in [0.4, 0.5) is 0 Å². The number of aryl methyl sites for hydroxylation is 1. The third kappa shape index (κ3) is 6.35. The topological polar surface area (TPSA) is 76.1 Å². The highest BCUT2D eigenvalue weighted by atomic mass is 16.5. The van der Waals surface area contributed by atoms with E-state index in [-0.39, 0.29) is 30.2 Å². The first-order valence-corrected chi connectivity index (χ1v) is 11.4. The molecule has 1 fully saturated rings. The predicted octanol–water partition coefficient (Wildman–Crippen LogP) is 4.07. The molecule has 1 unspecified atom stereocenters. The highest BCUT2D eigenvalue weighted by Gasteiger charge is 2.28. The van der Waals surface area contributed by atoms with Crippen molar-refractivity contribution in [2.45, 2.75) is 38.8 Å². The zero-order chi connectivity index (χ0) is 23.0. The fourth-order valence-corrected chi connectivity index (χ4v) is 4.03. The number of rotatable bonds is 10. The minimum Gasteiger partial charge on any atom is -0.464 e. The van der Waals surface area contributed by atoms with Gasteiger partial charge in [-0.1, -0.05) is 30.3 Å². The lowest BCUT2D eigenvalue weighted by atomic mass is 10.1. The molecule has 7 heteroatoms. The van der Waals surface area contributed by atoms with Crippen molar-refractivity contribution in [2.24, 2.45) is 0 Å². The predicted molar refractivity (Wildman–Crippen MR) is 123 cm³/mol. The minimum absolute atomic E-state index is 0.0477. The maximum atomic E-state index is 13.5. The van der Waals surface area contributed by atoms with Crippen LogP contribution in [0.2, 0.25) is 0 Å². The van der Waals surface area contributed by atoms with Gasteiger partial charge in [-0.3, -0.25) is 9.59 Å². The molecule has 33 heavy (non-hydrogen) atoms. The van der Waals surface area contributed by atoms with E-state index in [9.17, 15) is 9.59 Å². The van der Waals surface area contributed by atoms with Crippen molar-refractivity contribution < 1.29 is 23.2 Å². The smallest absolute Gasteiger partial charge is 0.290 e. The number of ether oxygens (including phenoxy) is 1. The number of nitrogens with zero attached hydrogens (tertiary/aromatic N) is 2. The molecule has 3 aromatic rings. The first-order valence-electron chi connectivity index (χ1n) is 11.4. The summed E-state index contributed by atoms with van der Waals surface area (Å²) in [5.74, 6) is 1.29. The SMILES string of the molecule is Cc1ccc(CN(CCc2ccccc2)C(=O)CN(CC2CCCO2)C(=O)c2ccco2)o1. The lowest BCUT2D eigenvalue weighted by Crippen LogP contribution is -2.45. The van der Waals surface area contributed by atoms with Gasteiger partial charge < -0.3 is 23.4 Å². The summed E-state index contributed by atoms with van der Waals surface area (Å²) in [5, 5.41) is 0. The minimum atomic E-state index is -0.305. The van der Waals surface area contributed by atoms with Gasteiger partial charge in [0.1, 0.15) is 18.1 Å². The number of hydrogen-bond donors (Lipinski definition) is 0. The third-order valence-corrected chi connectivity index (χ3v) is 5.80. The maximum Gasteiger partial charge on any atom is 0.290 e. The number of furan rings is 2. The molecule has 0 bridgehead atoms. The Morgan fingerprint density at radius 2 is 1.88 bits per heavy atom. The second-order valence-corrected chi connectivity index (χ2v) is 8.36. The average Bonchev–Trinajstić information content (AvgIpc) is 3.60. The molecule has 1 aromatic carbocycles. The van der Waals surface area contributed by atoms with Crippen molar-refractivity contribution in [1.82, 2.24) is 9.80 Å². The third-order valence-electron chi connectivity index (χ3n) is 5.80. The average molecular weight is 451 g/mol. The van der Waals surface area contributed by atoms with Crippen LogP contribution >= 0.6 is 0 Å². The van der Waals surface area contributed by atoms with Crippen LogP contribution in [-0.4, -0.2) is 54.0 Å². The van der Waals surface area contributed by atoms with E-state index >= 15 is 0 Å². The van der Waals surface area contributed by atoms with Crippen molar-refractivity contribution in [1.29, 1.82) is 0 Å². The summed E-state index contributed by atoms with van der Waals surface area (Å²) in [6.07, 6.45) is 3.94. The maximum absolute atomic E-state index is 13.5. The molecule has 1 saturated heterocycles. The van der Waals surface area contributed by atoms with Crippen molar-refractivity contribution >= 4 is 11.8 Å². The largest absolute Gasteiger partial charge is 0.464 e. The molecule has 0 radical (unpaired) electrons. The molecule has 0 saturated carbocycles. The van der Waals surface area contributed by atoms with Crippen molar-refractivity contribution in [3.8, 4) is 0 Å². The number of carbonyl (C=O) groups is 2. The molecular weight excluding hydrogens is 420 g/mol. The Labute approximate surface area is 193 Å². The lowest BCUT2D eigenvalue weighted by molar-refractivity contribution is -0.133. The van der Waals surface area contributed by atoms with E-state index in [0.717, 1.165) is 29.9 Å². The molecule has 1 aliphatic heterocycles. The summed E-state index contributed by atoms with van der Waals surface area (Å²) >= 11 is 0. The Balaban J connectivity index is 1.49. The van der Waals surface area contributed by atoms with Gasteiger partial charge in [-0.15, -0.1) is 0 Å². The van der Waals surface area contributed by atoms with Crippen molar-refractivity contribution in [3.63, 3.8) is 0 Å². The molecule has 2 aromatic heterocycles.